The number of rotatable bonds is 7. The van der Waals surface area contributed by atoms with E-state index in [2.05, 4.69) is 22.3 Å². The van der Waals surface area contributed by atoms with Gasteiger partial charge < -0.3 is 10.2 Å². The molecule has 0 aliphatic carbocycles. The maximum absolute atomic E-state index is 13.5. The zero-order chi connectivity index (χ0) is 16.7. The van der Waals surface area contributed by atoms with Crippen LogP contribution in [0.5, 0.6) is 0 Å². The Morgan fingerprint density at radius 2 is 1.70 bits per heavy atom. The normalized spacial score (nSPS) is 10.8. The second kappa shape index (κ2) is 8.39. The Balaban J connectivity index is 1.74. The third-order valence-corrected chi connectivity index (χ3v) is 3.49. The summed E-state index contributed by atoms with van der Waals surface area (Å²) in [5, 5.41) is 2.55. The fourth-order valence-electron chi connectivity index (χ4n) is 2.33. The largest absolute Gasteiger partial charge is 0.352 e. The summed E-state index contributed by atoms with van der Waals surface area (Å²) >= 11 is 0. The van der Waals surface area contributed by atoms with E-state index >= 15 is 0 Å². The van der Waals surface area contributed by atoms with Crippen LogP contribution in [0.15, 0.2) is 48.5 Å². The van der Waals surface area contributed by atoms with Crippen LogP contribution >= 0.6 is 0 Å². The van der Waals surface area contributed by atoms with E-state index in [1.54, 1.807) is 0 Å². The molecule has 0 fully saturated rings. The van der Waals surface area contributed by atoms with Gasteiger partial charge in [-0.1, -0.05) is 36.4 Å². The Morgan fingerprint density at radius 3 is 2.35 bits per heavy atom. The van der Waals surface area contributed by atoms with Crippen molar-refractivity contribution in [3.05, 3.63) is 71.3 Å². The molecule has 0 radical (unpaired) electrons. The molecule has 2 rings (SSSR count). The van der Waals surface area contributed by atoms with Crippen LogP contribution in [0.3, 0.4) is 0 Å². The SMILES string of the molecule is CN(CCCNC(=O)c1c(F)cccc1F)Cc1ccccc1. The van der Waals surface area contributed by atoms with Crippen molar-refractivity contribution in [2.24, 2.45) is 0 Å². The average molecular weight is 318 g/mol. The van der Waals surface area contributed by atoms with Gasteiger partial charge in [0.1, 0.15) is 17.2 Å². The van der Waals surface area contributed by atoms with Crippen LogP contribution in [0.4, 0.5) is 8.78 Å². The van der Waals surface area contributed by atoms with Crippen molar-refractivity contribution in [1.82, 2.24) is 10.2 Å². The highest BCUT2D eigenvalue weighted by atomic mass is 19.1. The standard InChI is InChI=1S/C18H20F2N2O/c1-22(13-14-7-3-2-4-8-14)12-6-11-21-18(23)17-15(19)9-5-10-16(17)20/h2-5,7-10H,6,11-13H2,1H3,(H,21,23). The number of hydrogen-bond acceptors (Lipinski definition) is 2. The second-order valence-electron chi connectivity index (χ2n) is 5.43. The lowest BCUT2D eigenvalue weighted by Gasteiger charge is -2.16. The third kappa shape index (κ3) is 5.14. The maximum Gasteiger partial charge on any atom is 0.257 e. The van der Waals surface area contributed by atoms with E-state index in [1.165, 1.54) is 11.6 Å². The number of nitrogens with one attached hydrogen (secondary N) is 1. The lowest BCUT2D eigenvalue weighted by atomic mass is 10.2. The number of benzene rings is 2. The summed E-state index contributed by atoms with van der Waals surface area (Å²) in [6.45, 7) is 1.96. The van der Waals surface area contributed by atoms with Crippen LogP contribution in [0.1, 0.15) is 22.3 Å². The summed E-state index contributed by atoms with van der Waals surface area (Å²) in [7, 11) is 1.99. The monoisotopic (exact) mass is 318 g/mol. The molecule has 0 atom stereocenters. The molecule has 0 aliphatic heterocycles. The van der Waals surface area contributed by atoms with E-state index in [0.717, 1.165) is 25.2 Å². The summed E-state index contributed by atoms with van der Waals surface area (Å²) in [4.78, 5) is 13.9. The number of halogens is 2. The van der Waals surface area contributed by atoms with Gasteiger partial charge in [0.15, 0.2) is 0 Å². The first-order chi connectivity index (χ1) is 11.1. The van der Waals surface area contributed by atoms with Crippen molar-refractivity contribution >= 4 is 5.91 Å². The van der Waals surface area contributed by atoms with Crippen LogP contribution in [0.25, 0.3) is 0 Å². The second-order valence-corrected chi connectivity index (χ2v) is 5.43. The first-order valence-corrected chi connectivity index (χ1v) is 7.52. The van der Waals surface area contributed by atoms with Crippen molar-refractivity contribution in [2.75, 3.05) is 20.1 Å². The van der Waals surface area contributed by atoms with Crippen LogP contribution in [0, 0.1) is 11.6 Å². The topological polar surface area (TPSA) is 32.3 Å². The van der Waals surface area contributed by atoms with Gasteiger partial charge in [-0.25, -0.2) is 8.78 Å². The summed E-state index contributed by atoms with van der Waals surface area (Å²) in [6, 6.07) is 13.5. The van der Waals surface area contributed by atoms with Gasteiger partial charge in [0, 0.05) is 13.1 Å². The molecule has 0 heterocycles. The van der Waals surface area contributed by atoms with Gasteiger partial charge in [0.05, 0.1) is 0 Å². The molecule has 3 nitrogen and oxygen atoms in total. The quantitative estimate of drug-likeness (QED) is 0.795. The van der Waals surface area contributed by atoms with Crippen molar-refractivity contribution in [2.45, 2.75) is 13.0 Å². The summed E-state index contributed by atoms with van der Waals surface area (Å²) in [6.07, 6.45) is 0.700. The molecule has 2 aromatic carbocycles. The maximum atomic E-state index is 13.5. The number of carbonyl (C=O) groups is 1. The highest BCUT2D eigenvalue weighted by molar-refractivity contribution is 5.94. The van der Waals surface area contributed by atoms with Gasteiger partial charge in [0.2, 0.25) is 0 Å². The summed E-state index contributed by atoms with van der Waals surface area (Å²) in [5.74, 6) is -2.40. The molecular weight excluding hydrogens is 298 g/mol. The zero-order valence-electron chi connectivity index (χ0n) is 13.1. The molecule has 0 unspecified atom stereocenters. The first-order valence-electron chi connectivity index (χ1n) is 7.52. The van der Waals surface area contributed by atoms with E-state index in [0.29, 0.717) is 13.0 Å². The van der Waals surface area contributed by atoms with Gasteiger partial charge in [-0.15, -0.1) is 0 Å². The molecule has 1 N–H and O–H groups in total. The Kier molecular flexibility index (Phi) is 6.23. The Hall–Kier alpha value is -2.27. The van der Waals surface area contributed by atoms with Gasteiger partial charge in [-0.2, -0.15) is 0 Å². The molecule has 0 bridgehead atoms. The zero-order valence-corrected chi connectivity index (χ0v) is 13.1. The van der Waals surface area contributed by atoms with Crippen LogP contribution in [-0.2, 0) is 6.54 Å². The highest BCUT2D eigenvalue weighted by Gasteiger charge is 2.16. The molecule has 0 aliphatic rings. The van der Waals surface area contributed by atoms with E-state index in [-0.39, 0.29) is 0 Å². The van der Waals surface area contributed by atoms with Crippen LogP contribution in [0.2, 0.25) is 0 Å². The molecule has 0 saturated heterocycles. The Labute approximate surface area is 134 Å². The first kappa shape index (κ1) is 17.1. The van der Waals surface area contributed by atoms with Gasteiger partial charge in [0.25, 0.3) is 5.91 Å². The van der Waals surface area contributed by atoms with Crippen molar-refractivity contribution in [1.29, 1.82) is 0 Å². The summed E-state index contributed by atoms with van der Waals surface area (Å²) in [5.41, 5.74) is 0.692. The molecule has 23 heavy (non-hydrogen) atoms. The highest BCUT2D eigenvalue weighted by Crippen LogP contribution is 2.11. The molecule has 122 valence electrons. The van der Waals surface area contributed by atoms with Crippen molar-refractivity contribution in [3.8, 4) is 0 Å². The minimum Gasteiger partial charge on any atom is -0.352 e. The lowest BCUT2D eigenvalue weighted by molar-refractivity contribution is 0.0943. The minimum atomic E-state index is -0.844. The van der Waals surface area contributed by atoms with E-state index in [1.807, 2.05) is 25.2 Å². The number of carbonyl (C=O) groups excluding carboxylic acids is 1. The fraction of sp³-hybridized carbons (Fsp3) is 0.278. The van der Waals surface area contributed by atoms with Gasteiger partial charge >= 0.3 is 0 Å². The molecule has 2 aromatic rings. The Bertz CT molecular complexity index is 626. The van der Waals surface area contributed by atoms with E-state index < -0.39 is 23.1 Å². The molecule has 0 spiro atoms. The number of nitrogens with zero attached hydrogens (tertiary/aromatic N) is 1. The molecule has 0 saturated carbocycles. The van der Waals surface area contributed by atoms with E-state index in [4.69, 9.17) is 0 Å². The number of amides is 1. The lowest BCUT2D eigenvalue weighted by Crippen LogP contribution is -2.29. The fourth-order valence-corrected chi connectivity index (χ4v) is 2.33. The third-order valence-electron chi connectivity index (χ3n) is 3.49. The number of hydrogen-bond donors (Lipinski definition) is 1. The predicted molar refractivity (Wildman–Crippen MR) is 86.1 cm³/mol. The van der Waals surface area contributed by atoms with E-state index in [9.17, 15) is 13.6 Å². The van der Waals surface area contributed by atoms with Gasteiger partial charge in [-0.05, 0) is 37.7 Å². The molecular formula is C18H20F2N2O. The minimum absolute atomic E-state index is 0.367. The van der Waals surface area contributed by atoms with Crippen LogP contribution < -0.4 is 5.32 Å². The Morgan fingerprint density at radius 1 is 1.04 bits per heavy atom. The summed E-state index contributed by atoms with van der Waals surface area (Å²) < 4.78 is 26.9. The van der Waals surface area contributed by atoms with Gasteiger partial charge in [-0.3, -0.25) is 4.79 Å². The predicted octanol–water partition coefficient (Wildman–Crippen LogP) is 3.22. The molecule has 5 heteroatoms. The molecule has 0 aromatic heterocycles. The average Bonchev–Trinajstić information content (AvgIpc) is 2.52. The van der Waals surface area contributed by atoms with Crippen molar-refractivity contribution in [3.63, 3.8) is 0 Å². The van der Waals surface area contributed by atoms with Crippen molar-refractivity contribution < 1.29 is 13.6 Å². The smallest absolute Gasteiger partial charge is 0.257 e. The molecule has 1 amide bonds. The van der Waals surface area contributed by atoms with Crippen LogP contribution in [-0.4, -0.2) is 30.9 Å².